The molecule has 4 aromatic rings. The van der Waals surface area contributed by atoms with Crippen LogP contribution in [0.1, 0.15) is 16.7 Å². The minimum atomic E-state index is -0.307. The molecule has 3 aromatic carbocycles. The molecule has 0 bridgehead atoms. The Hall–Kier alpha value is -4.32. The number of benzene rings is 3. The fraction of sp³-hybridized carbons (Fsp3) is 0.143. The lowest BCUT2D eigenvalue weighted by Crippen LogP contribution is -2.37. The average molecular weight is 454 g/mol. The summed E-state index contributed by atoms with van der Waals surface area (Å²) in [6.45, 7) is 0.911. The Morgan fingerprint density at radius 3 is 2.47 bits per heavy atom. The van der Waals surface area contributed by atoms with Crippen molar-refractivity contribution >= 4 is 28.8 Å². The monoisotopic (exact) mass is 453 g/mol. The molecule has 0 aliphatic rings. The molecule has 0 atom stereocenters. The standard InChI is InChI=1S/C28H27N3O3/c32-27(14-11-21-7-3-1-4-8-21)31-19-28(33)29-16-15-23-18-30-26-13-12-24(17-25(23)26)34-20-22-9-5-2-6-10-22/h1-14,17-18,30H,15-16,19-20H2,(H,29,33)(H,31,32)/b14-11+. The molecule has 6 heteroatoms. The topological polar surface area (TPSA) is 83.2 Å². The number of rotatable bonds is 10. The summed E-state index contributed by atoms with van der Waals surface area (Å²) in [5.41, 5.74) is 4.15. The van der Waals surface area contributed by atoms with E-state index in [-0.39, 0.29) is 18.4 Å². The number of aromatic amines is 1. The number of hydrogen-bond donors (Lipinski definition) is 3. The summed E-state index contributed by atoms with van der Waals surface area (Å²) in [4.78, 5) is 27.3. The molecule has 0 spiro atoms. The summed E-state index contributed by atoms with van der Waals surface area (Å²) in [6.07, 6.45) is 5.75. The van der Waals surface area contributed by atoms with Gasteiger partial charge in [0.15, 0.2) is 0 Å². The molecule has 34 heavy (non-hydrogen) atoms. The Bertz CT molecular complexity index is 1260. The highest BCUT2D eigenvalue weighted by molar-refractivity contribution is 5.94. The maximum atomic E-state index is 12.1. The molecule has 1 heterocycles. The molecule has 0 fully saturated rings. The number of amides is 2. The number of carbonyl (C=O) groups excluding carboxylic acids is 2. The summed E-state index contributed by atoms with van der Waals surface area (Å²) in [6, 6.07) is 25.5. The Kier molecular flexibility index (Phi) is 7.74. The SMILES string of the molecule is O=C(/C=C/c1ccccc1)NCC(=O)NCCc1c[nH]c2ccc(OCc3ccccc3)cc12. The van der Waals surface area contributed by atoms with Gasteiger partial charge in [0.1, 0.15) is 12.4 Å². The predicted octanol–water partition coefficient (Wildman–Crippen LogP) is 4.24. The van der Waals surface area contributed by atoms with Gasteiger partial charge in [-0.2, -0.15) is 0 Å². The summed E-state index contributed by atoms with van der Waals surface area (Å²) in [5.74, 6) is 0.263. The summed E-state index contributed by atoms with van der Waals surface area (Å²) in [5, 5.41) is 6.52. The second-order valence-corrected chi connectivity index (χ2v) is 7.86. The molecular formula is C28H27N3O3. The number of aromatic nitrogens is 1. The van der Waals surface area contributed by atoms with E-state index < -0.39 is 0 Å². The van der Waals surface area contributed by atoms with Gasteiger partial charge in [-0.25, -0.2) is 0 Å². The van der Waals surface area contributed by atoms with Gasteiger partial charge in [0.05, 0.1) is 6.54 Å². The zero-order valence-corrected chi connectivity index (χ0v) is 18.8. The average Bonchev–Trinajstić information content (AvgIpc) is 3.28. The number of ether oxygens (including phenoxy) is 1. The highest BCUT2D eigenvalue weighted by Crippen LogP contribution is 2.24. The third-order valence-electron chi connectivity index (χ3n) is 5.35. The van der Waals surface area contributed by atoms with E-state index in [9.17, 15) is 9.59 Å². The summed E-state index contributed by atoms with van der Waals surface area (Å²) >= 11 is 0. The van der Waals surface area contributed by atoms with Crippen LogP contribution in [0.4, 0.5) is 0 Å². The third-order valence-corrected chi connectivity index (χ3v) is 5.35. The highest BCUT2D eigenvalue weighted by atomic mass is 16.5. The van der Waals surface area contributed by atoms with E-state index in [1.165, 1.54) is 6.08 Å². The normalized spacial score (nSPS) is 10.9. The van der Waals surface area contributed by atoms with Gasteiger partial charge in [0, 0.05) is 29.7 Å². The van der Waals surface area contributed by atoms with E-state index in [2.05, 4.69) is 15.6 Å². The van der Waals surface area contributed by atoms with Gasteiger partial charge in [-0.1, -0.05) is 60.7 Å². The first-order valence-electron chi connectivity index (χ1n) is 11.2. The van der Waals surface area contributed by atoms with Crippen molar-refractivity contribution in [2.24, 2.45) is 0 Å². The van der Waals surface area contributed by atoms with Gasteiger partial charge in [-0.3, -0.25) is 9.59 Å². The fourth-order valence-electron chi connectivity index (χ4n) is 3.56. The fourth-order valence-corrected chi connectivity index (χ4v) is 3.56. The molecule has 172 valence electrons. The molecule has 0 saturated carbocycles. The first kappa shape index (κ1) is 22.9. The smallest absolute Gasteiger partial charge is 0.244 e. The highest BCUT2D eigenvalue weighted by Gasteiger charge is 2.08. The van der Waals surface area contributed by atoms with Gasteiger partial charge in [-0.15, -0.1) is 0 Å². The maximum Gasteiger partial charge on any atom is 0.244 e. The molecule has 1 aromatic heterocycles. The van der Waals surface area contributed by atoms with E-state index in [0.717, 1.165) is 33.3 Å². The van der Waals surface area contributed by atoms with Crippen LogP contribution in [0.5, 0.6) is 5.75 Å². The van der Waals surface area contributed by atoms with Crippen molar-refractivity contribution in [1.82, 2.24) is 15.6 Å². The Morgan fingerprint density at radius 2 is 1.68 bits per heavy atom. The zero-order chi connectivity index (χ0) is 23.6. The largest absolute Gasteiger partial charge is 0.489 e. The van der Waals surface area contributed by atoms with Gasteiger partial charge in [0.25, 0.3) is 0 Å². The van der Waals surface area contributed by atoms with Crippen LogP contribution in [0.25, 0.3) is 17.0 Å². The number of nitrogens with one attached hydrogen (secondary N) is 3. The molecule has 0 aliphatic carbocycles. The number of hydrogen-bond acceptors (Lipinski definition) is 3. The lowest BCUT2D eigenvalue weighted by molar-refractivity contribution is -0.123. The predicted molar refractivity (Wildman–Crippen MR) is 134 cm³/mol. The van der Waals surface area contributed by atoms with Crippen LogP contribution < -0.4 is 15.4 Å². The van der Waals surface area contributed by atoms with E-state index in [1.807, 2.05) is 85.1 Å². The molecule has 0 aliphatic heterocycles. The molecule has 6 nitrogen and oxygen atoms in total. The first-order chi connectivity index (χ1) is 16.7. The van der Waals surface area contributed by atoms with Crippen LogP contribution in [0.15, 0.2) is 91.1 Å². The minimum absolute atomic E-state index is 0.0661. The second kappa shape index (κ2) is 11.5. The van der Waals surface area contributed by atoms with Crippen molar-refractivity contribution in [2.45, 2.75) is 13.0 Å². The minimum Gasteiger partial charge on any atom is -0.489 e. The second-order valence-electron chi connectivity index (χ2n) is 7.86. The Labute approximate surface area is 198 Å². The summed E-state index contributed by atoms with van der Waals surface area (Å²) < 4.78 is 5.94. The van der Waals surface area contributed by atoms with Crippen LogP contribution in [-0.2, 0) is 22.6 Å². The third kappa shape index (κ3) is 6.59. The van der Waals surface area contributed by atoms with Crippen molar-refractivity contribution < 1.29 is 14.3 Å². The lowest BCUT2D eigenvalue weighted by Gasteiger charge is -2.08. The van der Waals surface area contributed by atoms with Crippen molar-refractivity contribution in [3.8, 4) is 5.75 Å². The first-order valence-corrected chi connectivity index (χ1v) is 11.2. The van der Waals surface area contributed by atoms with Crippen molar-refractivity contribution in [3.63, 3.8) is 0 Å². The van der Waals surface area contributed by atoms with Gasteiger partial charge in [-0.05, 0) is 47.4 Å². The van der Waals surface area contributed by atoms with Gasteiger partial charge >= 0.3 is 0 Å². The van der Waals surface area contributed by atoms with Crippen LogP contribution in [0.3, 0.4) is 0 Å². The molecule has 0 saturated heterocycles. The molecule has 3 N–H and O–H groups in total. The lowest BCUT2D eigenvalue weighted by atomic mass is 10.1. The van der Waals surface area contributed by atoms with Crippen LogP contribution in [0, 0.1) is 0 Å². The van der Waals surface area contributed by atoms with Crippen LogP contribution in [-0.4, -0.2) is 29.9 Å². The molecule has 0 radical (unpaired) electrons. The molecule has 0 unspecified atom stereocenters. The van der Waals surface area contributed by atoms with Gasteiger partial charge in [0.2, 0.25) is 11.8 Å². The van der Waals surface area contributed by atoms with E-state index in [4.69, 9.17) is 4.74 Å². The van der Waals surface area contributed by atoms with E-state index in [1.54, 1.807) is 6.08 Å². The number of carbonyl (C=O) groups is 2. The van der Waals surface area contributed by atoms with Crippen molar-refractivity contribution in [1.29, 1.82) is 0 Å². The Balaban J connectivity index is 1.23. The number of fused-ring (bicyclic) bond motifs is 1. The summed E-state index contributed by atoms with van der Waals surface area (Å²) in [7, 11) is 0. The molecule has 4 rings (SSSR count). The van der Waals surface area contributed by atoms with E-state index >= 15 is 0 Å². The van der Waals surface area contributed by atoms with Crippen molar-refractivity contribution in [2.75, 3.05) is 13.1 Å². The molecular weight excluding hydrogens is 426 g/mol. The van der Waals surface area contributed by atoms with E-state index in [0.29, 0.717) is 19.6 Å². The van der Waals surface area contributed by atoms with Crippen LogP contribution in [0.2, 0.25) is 0 Å². The van der Waals surface area contributed by atoms with Crippen LogP contribution >= 0.6 is 0 Å². The van der Waals surface area contributed by atoms with Gasteiger partial charge < -0.3 is 20.4 Å². The zero-order valence-electron chi connectivity index (χ0n) is 18.8. The van der Waals surface area contributed by atoms with Crippen molar-refractivity contribution in [3.05, 3.63) is 108 Å². The maximum absolute atomic E-state index is 12.1. The quantitative estimate of drug-likeness (QED) is 0.314. The Morgan fingerprint density at radius 1 is 0.912 bits per heavy atom. The molecule has 2 amide bonds. The number of H-pyrrole nitrogens is 1.